The van der Waals surface area contributed by atoms with Crippen LogP contribution in [0, 0.1) is 0 Å². The van der Waals surface area contributed by atoms with Crippen molar-refractivity contribution in [2.75, 3.05) is 32.8 Å². The van der Waals surface area contributed by atoms with E-state index >= 15 is 0 Å². The summed E-state index contributed by atoms with van der Waals surface area (Å²) in [7, 11) is 0. The van der Waals surface area contributed by atoms with Gasteiger partial charge in [0.2, 0.25) is 0 Å². The lowest BCUT2D eigenvalue weighted by molar-refractivity contribution is 0.160. The van der Waals surface area contributed by atoms with Crippen molar-refractivity contribution in [2.24, 2.45) is 5.73 Å². The van der Waals surface area contributed by atoms with Crippen LogP contribution >= 0.6 is 0 Å². The van der Waals surface area contributed by atoms with Crippen LogP contribution in [0.5, 0.6) is 5.75 Å². The zero-order valence-electron chi connectivity index (χ0n) is 12.7. The highest BCUT2D eigenvalue weighted by atomic mass is 16.5. The van der Waals surface area contributed by atoms with Gasteiger partial charge < -0.3 is 15.6 Å². The van der Waals surface area contributed by atoms with Crippen molar-refractivity contribution in [1.82, 2.24) is 4.90 Å². The maximum atomic E-state index is 8.90. The van der Waals surface area contributed by atoms with Crippen molar-refractivity contribution >= 4 is 0 Å². The fourth-order valence-corrected chi connectivity index (χ4v) is 2.10. The molecule has 0 aliphatic rings. The Morgan fingerprint density at radius 2 is 1.90 bits per heavy atom. The second kappa shape index (κ2) is 9.75. The Labute approximate surface area is 122 Å². The summed E-state index contributed by atoms with van der Waals surface area (Å²) in [6.07, 6.45) is 1.72. The number of nitrogens with zero attached hydrogens (tertiary/aromatic N) is 1. The van der Waals surface area contributed by atoms with Gasteiger partial charge in [-0.2, -0.15) is 0 Å². The highest BCUT2D eigenvalue weighted by Crippen LogP contribution is 2.12. The Morgan fingerprint density at radius 3 is 2.45 bits per heavy atom. The lowest BCUT2D eigenvalue weighted by atomic mass is 10.1. The highest BCUT2D eigenvalue weighted by molar-refractivity contribution is 5.27. The summed E-state index contributed by atoms with van der Waals surface area (Å²) in [6.45, 7) is 7.70. The van der Waals surface area contributed by atoms with Crippen LogP contribution in [0.25, 0.3) is 0 Å². The minimum Gasteiger partial charge on any atom is -0.492 e. The summed E-state index contributed by atoms with van der Waals surface area (Å²) in [5.41, 5.74) is 6.77. The number of hydrogen-bond acceptors (Lipinski definition) is 4. The second-order valence-corrected chi connectivity index (χ2v) is 5.24. The number of rotatable bonds is 10. The molecule has 0 spiro atoms. The molecule has 114 valence electrons. The molecule has 0 amide bonds. The Bertz CT molecular complexity index is 352. The molecular formula is C16H28N2O2. The summed E-state index contributed by atoms with van der Waals surface area (Å²) >= 11 is 0. The molecule has 1 aromatic carbocycles. The molecule has 0 radical (unpaired) electrons. The Morgan fingerprint density at radius 1 is 1.20 bits per heavy atom. The molecule has 1 rings (SSSR count). The Hall–Kier alpha value is -1.10. The summed E-state index contributed by atoms with van der Waals surface area (Å²) in [4.78, 5) is 2.32. The number of benzene rings is 1. The van der Waals surface area contributed by atoms with Crippen LogP contribution < -0.4 is 10.5 Å². The van der Waals surface area contributed by atoms with Crippen molar-refractivity contribution in [3.63, 3.8) is 0 Å². The summed E-state index contributed by atoms with van der Waals surface area (Å²) in [6, 6.07) is 8.59. The third kappa shape index (κ3) is 6.37. The molecule has 0 saturated carbocycles. The van der Waals surface area contributed by atoms with Crippen molar-refractivity contribution in [1.29, 1.82) is 0 Å². The normalized spacial score (nSPS) is 11.3. The van der Waals surface area contributed by atoms with Crippen LogP contribution in [0.1, 0.15) is 25.8 Å². The summed E-state index contributed by atoms with van der Waals surface area (Å²) < 4.78 is 5.76. The molecule has 20 heavy (non-hydrogen) atoms. The van der Waals surface area contributed by atoms with Crippen molar-refractivity contribution < 1.29 is 9.84 Å². The second-order valence-electron chi connectivity index (χ2n) is 5.24. The van der Waals surface area contributed by atoms with Gasteiger partial charge in [0.25, 0.3) is 0 Å². The van der Waals surface area contributed by atoms with E-state index in [9.17, 15) is 0 Å². The van der Waals surface area contributed by atoms with E-state index in [1.165, 1.54) is 5.56 Å². The summed E-state index contributed by atoms with van der Waals surface area (Å²) in [5.74, 6) is 0.900. The average Bonchev–Trinajstić information content (AvgIpc) is 2.44. The van der Waals surface area contributed by atoms with E-state index in [4.69, 9.17) is 15.6 Å². The van der Waals surface area contributed by atoms with Crippen LogP contribution in [0.2, 0.25) is 0 Å². The Balaban J connectivity index is 2.34. The molecule has 1 aromatic rings. The highest BCUT2D eigenvalue weighted by Gasteiger charge is 2.08. The molecule has 0 saturated heterocycles. The van der Waals surface area contributed by atoms with Gasteiger partial charge in [-0.15, -0.1) is 0 Å². The minimum atomic E-state index is 0.243. The van der Waals surface area contributed by atoms with Gasteiger partial charge in [-0.3, -0.25) is 4.90 Å². The van der Waals surface area contributed by atoms with E-state index < -0.39 is 0 Å². The predicted molar refractivity (Wildman–Crippen MR) is 83.1 cm³/mol. The van der Waals surface area contributed by atoms with Crippen LogP contribution in [0.15, 0.2) is 24.3 Å². The number of nitrogens with two attached hydrogens (primary N) is 1. The topological polar surface area (TPSA) is 58.7 Å². The standard InChI is InChI=1S/C16H28N2O2/c1-14(2)18(10-3-12-19)11-13-20-16-6-4-15(5-7-16)8-9-17/h4-7,14,19H,3,8-13,17H2,1-2H3. The first-order valence-corrected chi connectivity index (χ1v) is 7.44. The van der Waals surface area contributed by atoms with Gasteiger partial charge in [-0.05, 0) is 50.9 Å². The number of hydrogen-bond donors (Lipinski definition) is 2. The van der Waals surface area contributed by atoms with Crippen LogP contribution in [-0.4, -0.2) is 48.9 Å². The van der Waals surface area contributed by atoms with Gasteiger partial charge >= 0.3 is 0 Å². The van der Waals surface area contributed by atoms with Gasteiger partial charge in [-0.1, -0.05) is 12.1 Å². The zero-order chi connectivity index (χ0) is 14.8. The molecule has 0 fully saturated rings. The molecule has 0 aromatic heterocycles. The van der Waals surface area contributed by atoms with E-state index in [0.717, 1.165) is 31.7 Å². The van der Waals surface area contributed by atoms with E-state index in [-0.39, 0.29) is 6.61 Å². The van der Waals surface area contributed by atoms with Gasteiger partial charge in [0, 0.05) is 25.7 Å². The molecule has 0 unspecified atom stereocenters. The molecule has 4 heteroatoms. The van der Waals surface area contributed by atoms with Crippen molar-refractivity contribution in [3.05, 3.63) is 29.8 Å². The molecule has 0 aliphatic heterocycles. The quantitative estimate of drug-likeness (QED) is 0.684. The average molecular weight is 280 g/mol. The first-order valence-electron chi connectivity index (χ1n) is 7.44. The maximum absolute atomic E-state index is 8.90. The van der Waals surface area contributed by atoms with Gasteiger partial charge in [0.05, 0.1) is 0 Å². The van der Waals surface area contributed by atoms with Crippen LogP contribution in [-0.2, 0) is 6.42 Å². The molecule has 0 bridgehead atoms. The van der Waals surface area contributed by atoms with E-state index in [0.29, 0.717) is 19.2 Å². The van der Waals surface area contributed by atoms with E-state index in [1.807, 2.05) is 12.1 Å². The van der Waals surface area contributed by atoms with E-state index in [2.05, 4.69) is 30.9 Å². The molecule has 0 heterocycles. The smallest absolute Gasteiger partial charge is 0.119 e. The third-order valence-electron chi connectivity index (χ3n) is 3.34. The largest absolute Gasteiger partial charge is 0.492 e. The van der Waals surface area contributed by atoms with Gasteiger partial charge in [0.1, 0.15) is 12.4 Å². The van der Waals surface area contributed by atoms with E-state index in [1.54, 1.807) is 0 Å². The fourth-order valence-electron chi connectivity index (χ4n) is 2.10. The minimum absolute atomic E-state index is 0.243. The van der Waals surface area contributed by atoms with Crippen LogP contribution in [0.4, 0.5) is 0 Å². The lowest BCUT2D eigenvalue weighted by Crippen LogP contribution is -2.35. The Kier molecular flexibility index (Phi) is 8.26. The zero-order valence-corrected chi connectivity index (χ0v) is 12.7. The predicted octanol–water partition coefficient (Wildman–Crippen LogP) is 1.66. The monoisotopic (exact) mass is 280 g/mol. The number of aliphatic hydroxyl groups excluding tert-OH is 1. The summed E-state index contributed by atoms with van der Waals surface area (Å²) in [5, 5.41) is 8.90. The van der Waals surface area contributed by atoms with Gasteiger partial charge in [-0.25, -0.2) is 0 Å². The first-order chi connectivity index (χ1) is 9.67. The molecule has 3 N–H and O–H groups in total. The fraction of sp³-hybridized carbons (Fsp3) is 0.625. The van der Waals surface area contributed by atoms with Crippen molar-refractivity contribution in [3.8, 4) is 5.75 Å². The molecule has 4 nitrogen and oxygen atoms in total. The SMILES string of the molecule is CC(C)N(CCCO)CCOc1ccc(CCN)cc1. The molecular weight excluding hydrogens is 252 g/mol. The number of ether oxygens (including phenoxy) is 1. The number of aliphatic hydroxyl groups is 1. The van der Waals surface area contributed by atoms with Crippen molar-refractivity contribution in [2.45, 2.75) is 32.7 Å². The third-order valence-corrected chi connectivity index (χ3v) is 3.34. The maximum Gasteiger partial charge on any atom is 0.119 e. The lowest BCUT2D eigenvalue weighted by Gasteiger charge is -2.26. The molecule has 0 atom stereocenters. The van der Waals surface area contributed by atoms with Gasteiger partial charge in [0.15, 0.2) is 0 Å². The van der Waals surface area contributed by atoms with Crippen LogP contribution in [0.3, 0.4) is 0 Å². The first kappa shape index (κ1) is 17.0. The molecule has 0 aliphatic carbocycles.